The number of hydrogen-bond acceptors (Lipinski definition) is 2. The predicted molar refractivity (Wildman–Crippen MR) is 60.2 cm³/mol. The fraction of sp³-hybridized carbons (Fsp3) is 0.0769. The molecule has 2 nitrogen and oxygen atoms in total. The number of aromatic nitrogens is 2. The van der Waals surface area contributed by atoms with Crippen molar-refractivity contribution in [3.63, 3.8) is 0 Å². The fourth-order valence-corrected chi connectivity index (χ4v) is 1.92. The zero-order valence-corrected chi connectivity index (χ0v) is 8.22. The van der Waals surface area contributed by atoms with Crippen LogP contribution < -0.4 is 0 Å². The Morgan fingerprint density at radius 2 is 2.00 bits per heavy atom. The second-order valence-electron chi connectivity index (χ2n) is 3.60. The minimum absolute atomic E-state index is 0.930. The number of rotatable bonds is 0. The van der Waals surface area contributed by atoms with Crippen molar-refractivity contribution in [3.8, 4) is 11.3 Å². The summed E-state index contributed by atoms with van der Waals surface area (Å²) in [5.74, 6) is 0. The Morgan fingerprint density at radius 1 is 1.07 bits per heavy atom. The SMILES string of the molecule is C1=Cc2ccccc2-c2nnccc2C1. The Morgan fingerprint density at radius 3 is 3.00 bits per heavy atom. The van der Waals surface area contributed by atoms with Crippen molar-refractivity contribution in [2.24, 2.45) is 0 Å². The smallest absolute Gasteiger partial charge is 0.0970 e. The highest BCUT2D eigenvalue weighted by Crippen LogP contribution is 2.28. The lowest BCUT2D eigenvalue weighted by atomic mass is 10.0. The molecular weight excluding hydrogens is 184 g/mol. The van der Waals surface area contributed by atoms with Gasteiger partial charge in [-0.25, -0.2) is 0 Å². The first kappa shape index (κ1) is 8.36. The molecule has 1 aromatic heterocycles. The van der Waals surface area contributed by atoms with Gasteiger partial charge < -0.3 is 0 Å². The molecule has 0 amide bonds. The van der Waals surface area contributed by atoms with E-state index in [4.69, 9.17) is 0 Å². The third-order valence-electron chi connectivity index (χ3n) is 2.66. The van der Waals surface area contributed by atoms with Gasteiger partial charge >= 0.3 is 0 Å². The van der Waals surface area contributed by atoms with Gasteiger partial charge in [0.2, 0.25) is 0 Å². The number of nitrogens with zero attached hydrogens (tertiary/aromatic N) is 2. The molecular formula is C13H10N2. The monoisotopic (exact) mass is 194 g/mol. The van der Waals surface area contributed by atoms with Crippen LogP contribution in [0.5, 0.6) is 0 Å². The topological polar surface area (TPSA) is 25.8 Å². The lowest BCUT2D eigenvalue weighted by Crippen LogP contribution is -1.93. The zero-order chi connectivity index (χ0) is 10.1. The summed E-state index contributed by atoms with van der Waals surface area (Å²) in [5, 5.41) is 8.19. The molecule has 0 fully saturated rings. The maximum atomic E-state index is 4.23. The van der Waals surface area contributed by atoms with E-state index in [9.17, 15) is 0 Å². The van der Waals surface area contributed by atoms with E-state index in [0.717, 1.165) is 12.1 Å². The molecule has 0 aliphatic heterocycles. The highest BCUT2D eigenvalue weighted by Gasteiger charge is 2.11. The molecule has 3 rings (SSSR count). The Hall–Kier alpha value is -1.96. The van der Waals surface area contributed by atoms with Gasteiger partial charge in [-0.1, -0.05) is 36.4 Å². The summed E-state index contributed by atoms with van der Waals surface area (Å²) in [6.45, 7) is 0. The van der Waals surface area contributed by atoms with E-state index in [1.807, 2.05) is 18.2 Å². The second kappa shape index (κ2) is 3.31. The summed E-state index contributed by atoms with van der Waals surface area (Å²) >= 11 is 0. The lowest BCUT2D eigenvalue weighted by Gasteiger charge is -2.05. The second-order valence-corrected chi connectivity index (χ2v) is 3.60. The fourth-order valence-electron chi connectivity index (χ4n) is 1.92. The van der Waals surface area contributed by atoms with Crippen LogP contribution in [0.1, 0.15) is 11.1 Å². The van der Waals surface area contributed by atoms with Crippen LogP contribution in [-0.4, -0.2) is 10.2 Å². The summed E-state index contributed by atoms with van der Waals surface area (Å²) in [5.41, 5.74) is 4.65. The van der Waals surface area contributed by atoms with Gasteiger partial charge in [0.25, 0.3) is 0 Å². The molecule has 1 aliphatic rings. The first-order valence-corrected chi connectivity index (χ1v) is 5.01. The maximum Gasteiger partial charge on any atom is 0.0970 e. The van der Waals surface area contributed by atoms with Gasteiger partial charge in [0.1, 0.15) is 0 Å². The van der Waals surface area contributed by atoms with Gasteiger partial charge in [-0.2, -0.15) is 10.2 Å². The molecule has 15 heavy (non-hydrogen) atoms. The minimum atomic E-state index is 0.930. The molecule has 0 atom stereocenters. The maximum absolute atomic E-state index is 4.23. The van der Waals surface area contributed by atoms with Crippen molar-refractivity contribution < 1.29 is 0 Å². The molecule has 1 aromatic carbocycles. The van der Waals surface area contributed by atoms with Crippen molar-refractivity contribution in [2.45, 2.75) is 6.42 Å². The molecule has 1 heterocycles. The summed E-state index contributed by atoms with van der Waals surface area (Å²) in [6.07, 6.45) is 7.00. The van der Waals surface area contributed by atoms with Crippen molar-refractivity contribution in [2.75, 3.05) is 0 Å². The van der Waals surface area contributed by atoms with E-state index in [1.165, 1.54) is 16.7 Å². The number of allylic oxidation sites excluding steroid dienone is 1. The Balaban J connectivity index is 2.33. The average molecular weight is 194 g/mol. The third kappa shape index (κ3) is 1.34. The summed E-state index contributed by atoms with van der Waals surface area (Å²) in [4.78, 5) is 0. The van der Waals surface area contributed by atoms with Crippen molar-refractivity contribution in [1.29, 1.82) is 0 Å². The number of hydrogen-bond donors (Lipinski definition) is 0. The van der Waals surface area contributed by atoms with E-state index in [1.54, 1.807) is 6.20 Å². The molecule has 2 heteroatoms. The average Bonchev–Trinajstić information content (AvgIpc) is 2.48. The van der Waals surface area contributed by atoms with Gasteiger partial charge in [0, 0.05) is 11.8 Å². The van der Waals surface area contributed by atoms with Gasteiger partial charge in [0.05, 0.1) is 5.69 Å². The normalized spacial score (nSPS) is 12.8. The van der Waals surface area contributed by atoms with Crippen molar-refractivity contribution >= 4 is 6.08 Å². The van der Waals surface area contributed by atoms with Crippen LogP contribution in [-0.2, 0) is 6.42 Å². The molecule has 0 bridgehead atoms. The summed E-state index contributed by atoms with van der Waals surface area (Å²) in [7, 11) is 0. The molecule has 0 radical (unpaired) electrons. The zero-order valence-electron chi connectivity index (χ0n) is 8.22. The van der Waals surface area contributed by atoms with Crippen LogP contribution in [0.3, 0.4) is 0 Å². The third-order valence-corrected chi connectivity index (χ3v) is 2.66. The van der Waals surface area contributed by atoms with Gasteiger partial charge in [-0.05, 0) is 23.6 Å². The van der Waals surface area contributed by atoms with Crippen molar-refractivity contribution in [1.82, 2.24) is 10.2 Å². The quantitative estimate of drug-likeness (QED) is 0.644. The predicted octanol–water partition coefficient (Wildman–Crippen LogP) is 2.71. The van der Waals surface area contributed by atoms with Crippen molar-refractivity contribution in [3.05, 3.63) is 53.7 Å². The molecule has 72 valence electrons. The summed E-state index contributed by atoms with van der Waals surface area (Å²) in [6, 6.07) is 10.3. The standard InChI is InChI=1S/C13H10N2/c1-2-7-12-10(4-1)5-3-6-11-8-9-14-15-13(11)12/h1-5,7-9H,6H2. The largest absolute Gasteiger partial charge is 0.159 e. The van der Waals surface area contributed by atoms with E-state index >= 15 is 0 Å². The van der Waals surface area contributed by atoms with Gasteiger partial charge in [0.15, 0.2) is 0 Å². The van der Waals surface area contributed by atoms with Crippen LogP contribution in [0.2, 0.25) is 0 Å². The molecule has 0 N–H and O–H groups in total. The lowest BCUT2D eigenvalue weighted by molar-refractivity contribution is 1.01. The number of benzene rings is 1. The molecule has 0 saturated carbocycles. The van der Waals surface area contributed by atoms with Crippen LogP contribution in [0.25, 0.3) is 17.3 Å². The van der Waals surface area contributed by atoms with E-state index in [0.29, 0.717) is 0 Å². The Labute approximate surface area is 88.3 Å². The molecule has 2 aromatic rings. The minimum Gasteiger partial charge on any atom is -0.159 e. The Bertz CT molecular complexity index is 530. The Kier molecular flexibility index (Phi) is 1.85. The highest BCUT2D eigenvalue weighted by molar-refractivity contribution is 5.76. The van der Waals surface area contributed by atoms with E-state index in [2.05, 4.69) is 34.5 Å². The molecule has 0 spiro atoms. The summed E-state index contributed by atoms with van der Waals surface area (Å²) < 4.78 is 0. The molecule has 0 unspecified atom stereocenters. The van der Waals surface area contributed by atoms with Crippen LogP contribution in [0, 0.1) is 0 Å². The molecule has 1 aliphatic carbocycles. The van der Waals surface area contributed by atoms with Crippen LogP contribution in [0.15, 0.2) is 42.6 Å². The van der Waals surface area contributed by atoms with Crippen LogP contribution >= 0.6 is 0 Å². The van der Waals surface area contributed by atoms with Gasteiger partial charge in [-0.3, -0.25) is 0 Å². The first-order chi connectivity index (χ1) is 7.45. The molecule has 0 saturated heterocycles. The van der Waals surface area contributed by atoms with E-state index < -0.39 is 0 Å². The van der Waals surface area contributed by atoms with E-state index in [-0.39, 0.29) is 0 Å². The number of fused-ring (bicyclic) bond motifs is 3. The van der Waals surface area contributed by atoms with Gasteiger partial charge in [-0.15, -0.1) is 0 Å². The van der Waals surface area contributed by atoms with Crippen LogP contribution in [0.4, 0.5) is 0 Å². The highest BCUT2D eigenvalue weighted by atomic mass is 15.1. The first-order valence-electron chi connectivity index (χ1n) is 5.01.